The maximum Gasteiger partial charge on any atom is 0.150 e. The van der Waals surface area contributed by atoms with E-state index in [0.717, 1.165) is 49.3 Å². The largest absolute Gasteiger partial charge is 0.497 e. The number of carbonyl (C=O) groups is 1. The minimum atomic E-state index is 0.396. The minimum absolute atomic E-state index is 0.396. The molecule has 1 heterocycles. The first-order valence-electron chi connectivity index (χ1n) is 8.81. The van der Waals surface area contributed by atoms with Crippen LogP contribution in [0.5, 0.6) is 5.75 Å². The summed E-state index contributed by atoms with van der Waals surface area (Å²) in [5, 5.41) is 0. The van der Waals surface area contributed by atoms with Gasteiger partial charge in [0.15, 0.2) is 0 Å². The van der Waals surface area contributed by atoms with Crippen LogP contribution >= 0.6 is 0 Å². The quantitative estimate of drug-likeness (QED) is 0.778. The Kier molecular flexibility index (Phi) is 5.39. The summed E-state index contributed by atoms with van der Waals surface area (Å²) in [6.45, 7) is 8.32. The minimum Gasteiger partial charge on any atom is -0.497 e. The van der Waals surface area contributed by atoms with Crippen molar-refractivity contribution in [3.63, 3.8) is 0 Å². The maximum atomic E-state index is 11.0. The molecule has 132 valence electrons. The molecular formula is C21H26N2O2. The number of rotatable bonds is 5. The molecule has 1 fully saturated rings. The third kappa shape index (κ3) is 3.85. The topological polar surface area (TPSA) is 32.8 Å². The van der Waals surface area contributed by atoms with E-state index in [1.165, 1.54) is 11.3 Å². The lowest BCUT2D eigenvalue weighted by Gasteiger charge is -2.39. The van der Waals surface area contributed by atoms with Crippen molar-refractivity contribution in [2.24, 2.45) is 0 Å². The first-order chi connectivity index (χ1) is 12.1. The molecular weight excluding hydrogens is 312 g/mol. The van der Waals surface area contributed by atoms with Crippen molar-refractivity contribution in [1.29, 1.82) is 0 Å². The number of hydrogen-bond acceptors (Lipinski definition) is 4. The van der Waals surface area contributed by atoms with Crippen molar-refractivity contribution in [1.82, 2.24) is 4.90 Å². The van der Waals surface area contributed by atoms with Gasteiger partial charge in [0.1, 0.15) is 12.0 Å². The van der Waals surface area contributed by atoms with Crippen molar-refractivity contribution in [2.75, 3.05) is 38.2 Å². The highest BCUT2D eigenvalue weighted by atomic mass is 16.5. The van der Waals surface area contributed by atoms with E-state index in [0.29, 0.717) is 6.04 Å². The third-order valence-corrected chi connectivity index (χ3v) is 5.21. The molecule has 4 heteroatoms. The Balaban J connectivity index is 1.62. The Bertz CT molecular complexity index is 719. The molecule has 1 aliphatic rings. The van der Waals surface area contributed by atoms with Crippen LogP contribution in [-0.4, -0.2) is 44.5 Å². The normalized spacial score (nSPS) is 16.5. The molecule has 1 saturated heterocycles. The molecule has 0 saturated carbocycles. The molecule has 1 atom stereocenters. The lowest BCUT2D eigenvalue weighted by atomic mass is 10.1. The number of benzene rings is 2. The van der Waals surface area contributed by atoms with E-state index in [-0.39, 0.29) is 0 Å². The van der Waals surface area contributed by atoms with Gasteiger partial charge in [-0.05, 0) is 55.3 Å². The zero-order chi connectivity index (χ0) is 17.8. The number of anilines is 1. The number of ether oxygens (including phenoxy) is 1. The molecule has 4 nitrogen and oxygen atoms in total. The van der Waals surface area contributed by atoms with Gasteiger partial charge in [-0.15, -0.1) is 0 Å². The first-order valence-corrected chi connectivity index (χ1v) is 8.81. The second-order valence-corrected chi connectivity index (χ2v) is 6.63. The van der Waals surface area contributed by atoms with Gasteiger partial charge in [0.25, 0.3) is 0 Å². The summed E-state index contributed by atoms with van der Waals surface area (Å²) in [4.78, 5) is 15.9. The smallest absolute Gasteiger partial charge is 0.150 e. The Labute approximate surface area is 150 Å². The van der Waals surface area contributed by atoms with Crippen LogP contribution in [0.2, 0.25) is 0 Å². The van der Waals surface area contributed by atoms with E-state index in [1.54, 1.807) is 7.11 Å². The fraction of sp³-hybridized carbons (Fsp3) is 0.381. The van der Waals surface area contributed by atoms with Crippen LogP contribution < -0.4 is 9.64 Å². The highest BCUT2D eigenvalue weighted by Crippen LogP contribution is 2.26. The monoisotopic (exact) mass is 338 g/mol. The number of carbonyl (C=O) groups excluding carboxylic acids is 1. The second-order valence-electron chi connectivity index (χ2n) is 6.63. The van der Waals surface area contributed by atoms with Gasteiger partial charge >= 0.3 is 0 Å². The summed E-state index contributed by atoms with van der Waals surface area (Å²) in [5.74, 6) is 0.898. The van der Waals surface area contributed by atoms with Gasteiger partial charge in [-0.25, -0.2) is 0 Å². The number of aldehydes is 1. The Morgan fingerprint density at radius 3 is 2.28 bits per heavy atom. The zero-order valence-electron chi connectivity index (χ0n) is 15.2. The third-order valence-electron chi connectivity index (χ3n) is 5.21. The number of piperazine rings is 1. The van der Waals surface area contributed by atoms with Crippen LogP contribution in [0.4, 0.5) is 5.69 Å². The number of nitrogens with zero attached hydrogens (tertiary/aromatic N) is 2. The Hall–Kier alpha value is -2.33. The molecule has 0 bridgehead atoms. The van der Waals surface area contributed by atoms with Crippen LogP contribution in [0, 0.1) is 6.92 Å². The van der Waals surface area contributed by atoms with Gasteiger partial charge in [0.2, 0.25) is 0 Å². The highest BCUT2D eigenvalue weighted by molar-refractivity contribution is 5.78. The summed E-state index contributed by atoms with van der Waals surface area (Å²) < 4.78 is 5.24. The summed E-state index contributed by atoms with van der Waals surface area (Å²) in [6.07, 6.45) is 0.924. The molecule has 0 N–H and O–H groups in total. The standard InChI is InChI=1S/C21H26N2O2/c1-16-14-20(7-4-19(16)15-24)23-12-10-22(11-13-23)17(2)18-5-8-21(25-3)9-6-18/h4-9,14-15,17H,10-13H2,1-3H3/t17-/m1/s1. The van der Waals surface area contributed by atoms with Gasteiger partial charge in [-0.1, -0.05) is 12.1 Å². The van der Waals surface area contributed by atoms with Gasteiger partial charge in [0, 0.05) is 43.5 Å². The van der Waals surface area contributed by atoms with Crippen molar-refractivity contribution in [2.45, 2.75) is 19.9 Å². The lowest BCUT2D eigenvalue weighted by Crippen LogP contribution is -2.47. The van der Waals surface area contributed by atoms with Gasteiger partial charge in [0.05, 0.1) is 7.11 Å². The average molecular weight is 338 g/mol. The van der Waals surface area contributed by atoms with Crippen LogP contribution in [-0.2, 0) is 0 Å². The molecule has 0 amide bonds. The first kappa shape index (κ1) is 17.5. The molecule has 0 unspecified atom stereocenters. The highest BCUT2D eigenvalue weighted by Gasteiger charge is 2.22. The van der Waals surface area contributed by atoms with Crippen LogP contribution in [0.3, 0.4) is 0 Å². The molecule has 0 aliphatic carbocycles. The number of methoxy groups -OCH3 is 1. The van der Waals surface area contributed by atoms with Crippen LogP contribution in [0.25, 0.3) is 0 Å². The Morgan fingerprint density at radius 1 is 1.04 bits per heavy atom. The summed E-state index contributed by atoms with van der Waals surface area (Å²) >= 11 is 0. The Morgan fingerprint density at radius 2 is 1.72 bits per heavy atom. The van der Waals surface area contributed by atoms with E-state index in [9.17, 15) is 4.79 Å². The molecule has 2 aromatic rings. The van der Waals surface area contributed by atoms with Crippen molar-refractivity contribution < 1.29 is 9.53 Å². The predicted octanol–water partition coefficient (Wildman–Crippen LogP) is 3.70. The summed E-state index contributed by atoms with van der Waals surface area (Å²) in [7, 11) is 1.70. The van der Waals surface area contributed by atoms with Crippen LogP contribution in [0.15, 0.2) is 42.5 Å². The zero-order valence-corrected chi connectivity index (χ0v) is 15.2. The second kappa shape index (κ2) is 7.70. The molecule has 3 rings (SSSR count). The molecule has 0 spiro atoms. The summed E-state index contributed by atoms with van der Waals surface area (Å²) in [6, 6.07) is 14.8. The molecule has 1 aliphatic heterocycles. The molecule has 2 aromatic carbocycles. The van der Waals surface area contributed by atoms with E-state index in [2.05, 4.69) is 41.0 Å². The SMILES string of the molecule is COc1ccc([C@@H](C)N2CCN(c3ccc(C=O)c(C)c3)CC2)cc1. The maximum absolute atomic E-state index is 11.0. The van der Waals surface area contributed by atoms with Crippen LogP contribution in [0.1, 0.15) is 34.5 Å². The van der Waals surface area contributed by atoms with Crippen molar-refractivity contribution in [3.05, 3.63) is 59.2 Å². The molecule has 0 aromatic heterocycles. The van der Waals surface area contributed by atoms with Gasteiger partial charge in [-0.2, -0.15) is 0 Å². The summed E-state index contributed by atoms with van der Waals surface area (Å²) in [5.41, 5.74) is 4.34. The molecule has 0 radical (unpaired) electrons. The van der Waals surface area contributed by atoms with E-state index < -0.39 is 0 Å². The molecule has 25 heavy (non-hydrogen) atoms. The van der Waals surface area contributed by atoms with Gasteiger partial charge in [-0.3, -0.25) is 9.69 Å². The number of hydrogen-bond donors (Lipinski definition) is 0. The fourth-order valence-electron chi connectivity index (χ4n) is 3.45. The van der Waals surface area contributed by atoms with E-state index >= 15 is 0 Å². The fourth-order valence-corrected chi connectivity index (χ4v) is 3.45. The van der Waals surface area contributed by atoms with E-state index in [4.69, 9.17) is 4.74 Å². The average Bonchev–Trinajstić information content (AvgIpc) is 2.67. The van der Waals surface area contributed by atoms with Crippen molar-refractivity contribution >= 4 is 12.0 Å². The van der Waals surface area contributed by atoms with Gasteiger partial charge < -0.3 is 9.64 Å². The predicted molar refractivity (Wildman–Crippen MR) is 102 cm³/mol. The van der Waals surface area contributed by atoms with E-state index in [1.807, 2.05) is 25.1 Å². The lowest BCUT2D eigenvalue weighted by molar-refractivity contribution is 0.112. The number of aryl methyl sites for hydroxylation is 1. The van der Waals surface area contributed by atoms with Crippen molar-refractivity contribution in [3.8, 4) is 5.75 Å².